The molecule has 0 bridgehead atoms. The summed E-state index contributed by atoms with van der Waals surface area (Å²) in [6.45, 7) is 3.01. The zero-order chi connectivity index (χ0) is 8.85. The number of amides is 1. The first kappa shape index (κ1) is 10.1. The van der Waals surface area contributed by atoms with Gasteiger partial charge in [-0.1, -0.05) is 0 Å². The van der Waals surface area contributed by atoms with Crippen LogP contribution in [0.3, 0.4) is 0 Å². The van der Waals surface area contributed by atoms with Crippen molar-refractivity contribution in [2.45, 2.75) is 19.9 Å². The molecule has 0 heterocycles. The van der Waals surface area contributed by atoms with Crippen LogP contribution in [0.15, 0.2) is 0 Å². The van der Waals surface area contributed by atoms with Gasteiger partial charge in [0.2, 0.25) is 5.91 Å². The molecule has 0 aliphatic carbocycles. The van der Waals surface area contributed by atoms with Gasteiger partial charge in [0.05, 0.1) is 6.61 Å². The third-order valence-corrected chi connectivity index (χ3v) is 1.20. The molecule has 1 amide bonds. The van der Waals surface area contributed by atoms with Crippen LogP contribution in [0.1, 0.15) is 13.8 Å². The van der Waals surface area contributed by atoms with Crippen LogP contribution >= 0.6 is 0 Å². The van der Waals surface area contributed by atoms with Crippen LogP contribution in [-0.4, -0.2) is 31.4 Å². The Kier molecular flexibility index (Phi) is 4.45. The van der Waals surface area contributed by atoms with Gasteiger partial charge >= 0.3 is 0 Å². The Morgan fingerprint density at radius 3 is 2.27 bits per heavy atom. The Morgan fingerprint density at radius 2 is 2.00 bits per heavy atom. The minimum atomic E-state index is -0.502. The molecule has 0 aromatic carbocycles. The van der Waals surface area contributed by atoms with Crippen molar-refractivity contribution in [3.05, 3.63) is 0 Å². The summed E-state index contributed by atoms with van der Waals surface area (Å²) < 4.78 is 4.73. The van der Waals surface area contributed by atoms with Gasteiger partial charge in [-0.2, -0.15) is 0 Å². The number of methoxy groups -OCH3 is 1. The normalized spacial score (nSPS) is 12.3. The van der Waals surface area contributed by atoms with E-state index in [-0.39, 0.29) is 18.3 Å². The second-order valence-corrected chi connectivity index (χ2v) is 2.32. The van der Waals surface area contributed by atoms with E-state index in [0.717, 1.165) is 0 Å². The number of ketones is 1. The lowest BCUT2D eigenvalue weighted by Crippen LogP contribution is -2.41. The molecule has 0 unspecified atom stereocenters. The number of hydrogen-bond acceptors (Lipinski definition) is 3. The highest BCUT2D eigenvalue weighted by atomic mass is 16.5. The van der Waals surface area contributed by atoms with Gasteiger partial charge in [-0.05, 0) is 6.92 Å². The van der Waals surface area contributed by atoms with Crippen molar-refractivity contribution in [2.75, 3.05) is 13.7 Å². The van der Waals surface area contributed by atoms with Gasteiger partial charge < -0.3 is 10.1 Å². The summed E-state index contributed by atoms with van der Waals surface area (Å²) >= 11 is 0. The maximum absolute atomic E-state index is 10.8. The molecule has 0 aliphatic rings. The van der Waals surface area contributed by atoms with Crippen LogP contribution in [0, 0.1) is 0 Å². The number of carbonyl (C=O) groups is 2. The molecule has 1 atom stereocenters. The topological polar surface area (TPSA) is 55.4 Å². The van der Waals surface area contributed by atoms with Gasteiger partial charge in [-0.15, -0.1) is 0 Å². The zero-order valence-electron chi connectivity index (χ0n) is 7.01. The molecule has 0 spiro atoms. The summed E-state index contributed by atoms with van der Waals surface area (Å²) in [6.07, 6.45) is 0. The number of nitrogens with one attached hydrogen (secondary N) is 1. The van der Waals surface area contributed by atoms with Gasteiger partial charge in [-0.25, -0.2) is 0 Å². The van der Waals surface area contributed by atoms with E-state index in [0.29, 0.717) is 0 Å². The quantitative estimate of drug-likeness (QED) is 0.614. The van der Waals surface area contributed by atoms with Crippen molar-refractivity contribution in [2.24, 2.45) is 0 Å². The third kappa shape index (κ3) is 4.50. The first-order valence-electron chi connectivity index (χ1n) is 3.34. The molecule has 0 radical (unpaired) electrons. The van der Waals surface area contributed by atoms with Gasteiger partial charge in [0.15, 0.2) is 5.78 Å². The summed E-state index contributed by atoms with van der Waals surface area (Å²) in [7, 11) is 1.48. The van der Waals surface area contributed by atoms with Crippen LogP contribution in [0.25, 0.3) is 0 Å². The largest absolute Gasteiger partial charge is 0.382 e. The molecule has 0 aromatic heterocycles. The summed E-state index contributed by atoms with van der Waals surface area (Å²) in [5.74, 6) is -0.315. The predicted molar refractivity (Wildman–Crippen MR) is 40.2 cm³/mol. The second-order valence-electron chi connectivity index (χ2n) is 2.32. The molecule has 0 saturated carbocycles. The van der Waals surface area contributed by atoms with Crippen molar-refractivity contribution in [3.8, 4) is 0 Å². The molecule has 1 N–H and O–H groups in total. The molecule has 0 aromatic rings. The molecule has 0 rings (SSSR count). The maximum atomic E-state index is 10.8. The summed E-state index contributed by atoms with van der Waals surface area (Å²) in [5, 5.41) is 2.47. The predicted octanol–water partition coefficient (Wildman–Crippen LogP) is -0.273. The van der Waals surface area contributed by atoms with Crippen LogP contribution in [0.4, 0.5) is 0 Å². The highest BCUT2D eigenvalue weighted by molar-refractivity contribution is 5.86. The minimum absolute atomic E-state index is 0.0953. The Balaban J connectivity index is 3.89. The fourth-order valence-corrected chi connectivity index (χ4v) is 0.673. The molecule has 0 aliphatic heterocycles. The lowest BCUT2D eigenvalue weighted by atomic mass is 10.2. The van der Waals surface area contributed by atoms with E-state index in [9.17, 15) is 9.59 Å². The van der Waals surface area contributed by atoms with Crippen LogP contribution in [0.5, 0.6) is 0 Å². The fraction of sp³-hybridized carbons (Fsp3) is 0.714. The third-order valence-electron chi connectivity index (χ3n) is 1.20. The van der Waals surface area contributed by atoms with Crippen LogP contribution < -0.4 is 5.32 Å². The molecular weight excluding hydrogens is 146 g/mol. The zero-order valence-corrected chi connectivity index (χ0v) is 7.01. The Bertz CT molecular complexity index is 156. The highest BCUT2D eigenvalue weighted by Gasteiger charge is 2.13. The molecule has 0 fully saturated rings. The molecule has 4 nitrogen and oxygen atoms in total. The molecule has 4 heteroatoms. The maximum Gasteiger partial charge on any atom is 0.217 e. The Labute approximate surface area is 65.9 Å². The first-order valence-corrected chi connectivity index (χ1v) is 3.34. The van der Waals surface area contributed by atoms with Gasteiger partial charge in [0, 0.05) is 14.0 Å². The van der Waals surface area contributed by atoms with E-state index < -0.39 is 6.04 Å². The van der Waals surface area contributed by atoms with E-state index in [1.54, 1.807) is 0 Å². The fourth-order valence-electron chi connectivity index (χ4n) is 0.673. The Hall–Kier alpha value is -0.900. The molecule has 64 valence electrons. The number of ether oxygens (including phenoxy) is 1. The van der Waals surface area contributed by atoms with Crippen molar-refractivity contribution < 1.29 is 14.3 Å². The number of hydrogen-bond donors (Lipinski definition) is 1. The monoisotopic (exact) mass is 159 g/mol. The van der Waals surface area contributed by atoms with Gasteiger partial charge in [-0.3, -0.25) is 9.59 Å². The smallest absolute Gasteiger partial charge is 0.217 e. The van der Waals surface area contributed by atoms with Gasteiger partial charge in [0.25, 0.3) is 0 Å². The summed E-state index contributed by atoms with van der Waals surface area (Å²) in [5.41, 5.74) is 0. The summed E-state index contributed by atoms with van der Waals surface area (Å²) in [4.78, 5) is 21.3. The highest BCUT2D eigenvalue weighted by Crippen LogP contribution is 1.86. The molecule has 0 saturated heterocycles. The lowest BCUT2D eigenvalue weighted by Gasteiger charge is -2.12. The summed E-state index contributed by atoms with van der Waals surface area (Å²) in [6, 6.07) is -0.502. The molecule has 11 heavy (non-hydrogen) atoms. The van der Waals surface area contributed by atoms with Crippen molar-refractivity contribution in [1.82, 2.24) is 5.32 Å². The van der Waals surface area contributed by atoms with Crippen molar-refractivity contribution >= 4 is 11.7 Å². The molecular formula is C7H13NO3. The number of Topliss-reactive ketones (excluding diaryl/α,β-unsaturated/α-hetero) is 1. The number of rotatable bonds is 4. The number of carbonyl (C=O) groups excluding carboxylic acids is 2. The first-order chi connectivity index (χ1) is 5.07. The van der Waals surface area contributed by atoms with Crippen molar-refractivity contribution in [3.63, 3.8) is 0 Å². The standard InChI is InChI=1S/C7H13NO3/c1-5(9)7(4-11-3)8-6(2)10/h7H,4H2,1-3H3,(H,8,10)/t7-/m1/s1. The van der Waals surface area contributed by atoms with E-state index in [4.69, 9.17) is 4.74 Å². The lowest BCUT2D eigenvalue weighted by molar-refractivity contribution is -0.126. The second kappa shape index (κ2) is 4.85. The van der Waals surface area contributed by atoms with Gasteiger partial charge in [0.1, 0.15) is 6.04 Å². The van der Waals surface area contributed by atoms with E-state index >= 15 is 0 Å². The van der Waals surface area contributed by atoms with E-state index in [1.165, 1.54) is 21.0 Å². The van der Waals surface area contributed by atoms with Crippen LogP contribution in [-0.2, 0) is 14.3 Å². The SMILES string of the molecule is COC[C@@H](NC(C)=O)C(C)=O. The minimum Gasteiger partial charge on any atom is -0.382 e. The van der Waals surface area contributed by atoms with E-state index in [1.807, 2.05) is 0 Å². The Morgan fingerprint density at radius 1 is 1.45 bits per heavy atom. The average Bonchev–Trinajstić information content (AvgIpc) is 1.86. The van der Waals surface area contributed by atoms with E-state index in [2.05, 4.69) is 5.32 Å². The van der Waals surface area contributed by atoms with Crippen molar-refractivity contribution in [1.29, 1.82) is 0 Å². The average molecular weight is 159 g/mol. The van der Waals surface area contributed by atoms with Crippen LogP contribution in [0.2, 0.25) is 0 Å².